The summed E-state index contributed by atoms with van der Waals surface area (Å²) in [6.45, 7) is 0.702. The van der Waals surface area contributed by atoms with Crippen LogP contribution in [0.5, 0.6) is 11.5 Å². The molecule has 0 heterocycles. The van der Waals surface area contributed by atoms with E-state index in [4.69, 9.17) is 21.1 Å². The number of methoxy groups -OCH3 is 1. The monoisotopic (exact) mass is 457 g/mol. The molecule has 5 heteroatoms. The molecule has 0 atom stereocenters. The van der Waals surface area contributed by atoms with Crippen LogP contribution in [0.2, 0.25) is 5.02 Å². The molecule has 0 saturated heterocycles. The highest BCUT2D eigenvalue weighted by molar-refractivity contribution is 6.30. The molecule has 0 aromatic heterocycles. The van der Waals surface area contributed by atoms with Gasteiger partial charge in [0.2, 0.25) is 0 Å². The van der Waals surface area contributed by atoms with E-state index in [0.717, 1.165) is 28.0 Å². The zero-order valence-electron chi connectivity index (χ0n) is 18.3. The molecule has 0 aliphatic carbocycles. The molecule has 0 unspecified atom stereocenters. The van der Waals surface area contributed by atoms with Gasteiger partial charge in [-0.2, -0.15) is 0 Å². The highest BCUT2D eigenvalue weighted by atomic mass is 35.5. The molecule has 0 aliphatic heterocycles. The zero-order valence-corrected chi connectivity index (χ0v) is 19.0. The fraction of sp³-hybridized carbons (Fsp3) is 0.107. The summed E-state index contributed by atoms with van der Waals surface area (Å²) in [6, 6.07) is 30.8. The average Bonchev–Trinajstić information content (AvgIpc) is 2.87. The van der Waals surface area contributed by atoms with E-state index >= 15 is 0 Å². The Kier molecular flexibility index (Phi) is 7.28. The van der Waals surface area contributed by atoms with Crippen LogP contribution in [0.1, 0.15) is 21.5 Å². The number of hydrogen-bond acceptors (Lipinski definition) is 3. The summed E-state index contributed by atoms with van der Waals surface area (Å²) < 4.78 is 11.4. The zero-order chi connectivity index (χ0) is 23.0. The number of hydrogen-bond donors (Lipinski definition) is 1. The van der Waals surface area contributed by atoms with Crippen molar-refractivity contribution in [2.45, 2.75) is 13.2 Å². The average molecular weight is 458 g/mol. The minimum absolute atomic E-state index is 0.166. The molecule has 0 spiro atoms. The Balaban J connectivity index is 1.41. The Labute approximate surface area is 198 Å². The van der Waals surface area contributed by atoms with Crippen molar-refractivity contribution in [2.24, 2.45) is 0 Å². The molecule has 4 aromatic rings. The third-order valence-corrected chi connectivity index (χ3v) is 5.52. The topological polar surface area (TPSA) is 47.6 Å². The Hall–Kier alpha value is -3.76. The minimum Gasteiger partial charge on any atom is -0.496 e. The first-order valence-corrected chi connectivity index (χ1v) is 11.0. The van der Waals surface area contributed by atoms with Gasteiger partial charge in [0.1, 0.15) is 18.1 Å². The first-order valence-electron chi connectivity index (χ1n) is 10.6. The molecule has 166 valence electrons. The van der Waals surface area contributed by atoms with E-state index in [1.165, 1.54) is 0 Å². The van der Waals surface area contributed by atoms with E-state index in [1.807, 2.05) is 54.6 Å². The Morgan fingerprint density at radius 2 is 1.55 bits per heavy atom. The summed E-state index contributed by atoms with van der Waals surface area (Å²) in [7, 11) is 1.60. The van der Waals surface area contributed by atoms with Crippen LogP contribution in [-0.2, 0) is 13.2 Å². The van der Waals surface area contributed by atoms with Gasteiger partial charge in [-0.15, -0.1) is 0 Å². The number of amides is 1. The lowest BCUT2D eigenvalue weighted by molar-refractivity contribution is 0.0950. The summed E-state index contributed by atoms with van der Waals surface area (Å²) in [5.41, 5.74) is 4.60. The van der Waals surface area contributed by atoms with Gasteiger partial charge in [0.15, 0.2) is 0 Å². The molecule has 4 nitrogen and oxygen atoms in total. The van der Waals surface area contributed by atoms with Gasteiger partial charge in [0.05, 0.1) is 7.11 Å². The Morgan fingerprint density at radius 1 is 0.848 bits per heavy atom. The minimum atomic E-state index is -0.166. The normalized spacial score (nSPS) is 10.5. The number of halogens is 1. The van der Waals surface area contributed by atoms with Crippen LogP contribution < -0.4 is 14.8 Å². The number of carbonyl (C=O) groups is 1. The van der Waals surface area contributed by atoms with E-state index in [9.17, 15) is 4.79 Å². The van der Waals surface area contributed by atoms with Crippen molar-refractivity contribution in [1.82, 2.24) is 5.32 Å². The molecular weight excluding hydrogens is 434 g/mol. The number of ether oxygens (including phenoxy) is 2. The molecule has 0 fully saturated rings. The molecule has 4 aromatic carbocycles. The number of rotatable bonds is 8. The second-order valence-electron chi connectivity index (χ2n) is 7.51. The summed E-state index contributed by atoms with van der Waals surface area (Å²) in [4.78, 5) is 12.7. The third-order valence-electron chi connectivity index (χ3n) is 5.26. The van der Waals surface area contributed by atoms with Gasteiger partial charge in [-0.1, -0.05) is 66.2 Å². The Bertz CT molecular complexity index is 1210. The van der Waals surface area contributed by atoms with Gasteiger partial charge < -0.3 is 14.8 Å². The number of carbonyl (C=O) groups excluding carboxylic acids is 1. The van der Waals surface area contributed by atoms with Crippen LogP contribution in [0, 0.1) is 0 Å². The summed E-state index contributed by atoms with van der Waals surface area (Å²) >= 11 is 5.91. The molecule has 4 rings (SSSR count). The maximum Gasteiger partial charge on any atom is 0.251 e. The van der Waals surface area contributed by atoms with Gasteiger partial charge >= 0.3 is 0 Å². The molecule has 0 radical (unpaired) electrons. The SMILES string of the molecule is COc1ccc(C(=O)NCc2ccc(Cl)cc2)cc1COc1ccc(-c2ccccc2)cc1. The molecule has 1 amide bonds. The second-order valence-corrected chi connectivity index (χ2v) is 7.95. The lowest BCUT2D eigenvalue weighted by atomic mass is 10.1. The quantitative estimate of drug-likeness (QED) is 0.327. The third kappa shape index (κ3) is 5.93. The molecule has 1 N–H and O–H groups in total. The van der Waals surface area contributed by atoms with Crippen molar-refractivity contribution in [3.05, 3.63) is 119 Å². The first kappa shape index (κ1) is 22.4. The van der Waals surface area contributed by atoms with Gasteiger partial charge in [0, 0.05) is 22.7 Å². The highest BCUT2D eigenvalue weighted by Crippen LogP contribution is 2.25. The van der Waals surface area contributed by atoms with Gasteiger partial charge in [0.25, 0.3) is 5.91 Å². The fourth-order valence-electron chi connectivity index (χ4n) is 3.45. The van der Waals surface area contributed by atoms with Crippen molar-refractivity contribution in [3.8, 4) is 22.6 Å². The van der Waals surface area contributed by atoms with Crippen LogP contribution >= 0.6 is 11.6 Å². The number of benzene rings is 4. The summed E-state index contributed by atoms with van der Waals surface area (Å²) in [6.07, 6.45) is 0. The van der Waals surface area contributed by atoms with Crippen LogP contribution in [0.3, 0.4) is 0 Å². The van der Waals surface area contributed by atoms with Gasteiger partial charge in [-0.3, -0.25) is 4.79 Å². The Morgan fingerprint density at radius 3 is 2.24 bits per heavy atom. The van der Waals surface area contributed by atoms with E-state index in [2.05, 4.69) is 17.4 Å². The van der Waals surface area contributed by atoms with Gasteiger partial charge in [-0.25, -0.2) is 0 Å². The number of nitrogens with one attached hydrogen (secondary N) is 1. The predicted octanol–water partition coefficient (Wildman–Crippen LogP) is 6.52. The summed E-state index contributed by atoms with van der Waals surface area (Å²) in [5, 5.41) is 3.60. The van der Waals surface area contributed by atoms with Crippen LogP contribution in [-0.4, -0.2) is 13.0 Å². The van der Waals surface area contributed by atoms with Crippen molar-refractivity contribution < 1.29 is 14.3 Å². The molecule has 0 bridgehead atoms. The predicted molar refractivity (Wildman–Crippen MR) is 132 cm³/mol. The highest BCUT2D eigenvalue weighted by Gasteiger charge is 2.11. The van der Waals surface area contributed by atoms with Crippen molar-refractivity contribution in [1.29, 1.82) is 0 Å². The summed E-state index contributed by atoms with van der Waals surface area (Å²) in [5.74, 6) is 1.25. The van der Waals surface area contributed by atoms with E-state index in [1.54, 1.807) is 37.4 Å². The first-order chi connectivity index (χ1) is 16.1. The van der Waals surface area contributed by atoms with Crippen LogP contribution in [0.15, 0.2) is 97.1 Å². The van der Waals surface area contributed by atoms with Gasteiger partial charge in [-0.05, 0) is 59.2 Å². The van der Waals surface area contributed by atoms with E-state index in [-0.39, 0.29) is 12.5 Å². The van der Waals surface area contributed by atoms with Crippen molar-refractivity contribution in [2.75, 3.05) is 7.11 Å². The second kappa shape index (κ2) is 10.7. The van der Waals surface area contributed by atoms with Crippen molar-refractivity contribution >= 4 is 17.5 Å². The van der Waals surface area contributed by atoms with Crippen LogP contribution in [0.4, 0.5) is 0 Å². The lowest BCUT2D eigenvalue weighted by Crippen LogP contribution is -2.23. The smallest absolute Gasteiger partial charge is 0.251 e. The maximum absolute atomic E-state index is 12.7. The van der Waals surface area contributed by atoms with E-state index < -0.39 is 0 Å². The molecular formula is C28H24ClNO3. The lowest BCUT2D eigenvalue weighted by Gasteiger charge is -2.13. The fourth-order valence-corrected chi connectivity index (χ4v) is 3.58. The van der Waals surface area contributed by atoms with Crippen LogP contribution in [0.25, 0.3) is 11.1 Å². The molecule has 0 aliphatic rings. The standard InChI is InChI=1S/C28H24ClNO3/c1-32-27-16-11-23(28(31)30-18-20-7-12-25(29)13-8-20)17-24(27)19-33-26-14-9-22(10-15-26)21-5-3-2-4-6-21/h2-17H,18-19H2,1H3,(H,30,31). The van der Waals surface area contributed by atoms with Crippen molar-refractivity contribution in [3.63, 3.8) is 0 Å². The molecule has 33 heavy (non-hydrogen) atoms. The largest absolute Gasteiger partial charge is 0.496 e. The molecule has 0 saturated carbocycles. The van der Waals surface area contributed by atoms with E-state index in [0.29, 0.717) is 22.9 Å². The maximum atomic E-state index is 12.7.